The molecule has 19 heavy (non-hydrogen) atoms. The molecule has 1 aliphatic rings. The van der Waals surface area contributed by atoms with Crippen molar-refractivity contribution in [1.29, 1.82) is 0 Å². The number of methoxy groups -OCH3 is 1. The zero-order chi connectivity index (χ0) is 15.0. The lowest BCUT2D eigenvalue weighted by Crippen LogP contribution is -2.71. The van der Waals surface area contributed by atoms with E-state index in [1.165, 1.54) is 13.8 Å². The second-order valence-electron chi connectivity index (χ2n) is 4.59. The summed E-state index contributed by atoms with van der Waals surface area (Å²) in [5, 5.41) is 9.00. The predicted molar refractivity (Wildman–Crippen MR) is 62.5 cm³/mol. The maximum atomic E-state index is 11.9. The number of amides is 1. The van der Waals surface area contributed by atoms with Crippen LogP contribution in [0.5, 0.6) is 0 Å². The van der Waals surface area contributed by atoms with Gasteiger partial charge in [0.1, 0.15) is 6.04 Å². The Morgan fingerprint density at radius 3 is 2.32 bits per heavy atom. The number of hydrogen-bond donors (Lipinski definition) is 1. The highest BCUT2D eigenvalue weighted by atomic mass is 32.2. The first-order valence-corrected chi connectivity index (χ1v) is 6.89. The van der Waals surface area contributed by atoms with Gasteiger partial charge >= 0.3 is 11.9 Å². The Labute approximate surface area is 110 Å². The molecular formula is C10H15NO7S. The molecule has 0 aromatic heterocycles. The Bertz CT molecular complexity index is 522. The van der Waals surface area contributed by atoms with Gasteiger partial charge < -0.3 is 9.84 Å². The van der Waals surface area contributed by atoms with Gasteiger partial charge in [-0.3, -0.25) is 9.59 Å². The Hall–Kier alpha value is -1.64. The molecule has 0 radical (unpaired) electrons. The van der Waals surface area contributed by atoms with E-state index in [9.17, 15) is 22.8 Å². The number of nitrogens with zero attached hydrogens (tertiary/aromatic N) is 1. The van der Waals surface area contributed by atoms with Crippen LogP contribution in [0, 0.1) is 0 Å². The van der Waals surface area contributed by atoms with Gasteiger partial charge in [-0.2, -0.15) is 0 Å². The van der Waals surface area contributed by atoms with E-state index in [1.54, 1.807) is 0 Å². The van der Waals surface area contributed by atoms with Crippen LogP contribution in [0.4, 0.5) is 0 Å². The smallest absolute Gasteiger partial charge is 0.327 e. The molecule has 0 bridgehead atoms. The first-order valence-electron chi connectivity index (χ1n) is 5.45. The van der Waals surface area contributed by atoms with Gasteiger partial charge in [0.2, 0.25) is 0 Å². The van der Waals surface area contributed by atoms with Crippen molar-refractivity contribution in [2.45, 2.75) is 37.5 Å². The molecule has 1 rings (SSSR count). The minimum absolute atomic E-state index is 0.285. The minimum Gasteiger partial charge on any atom is -0.480 e. The summed E-state index contributed by atoms with van der Waals surface area (Å²) in [4.78, 5) is 33.8. The molecule has 1 amide bonds. The molecule has 1 fully saturated rings. The topological polar surface area (TPSA) is 118 Å². The summed E-state index contributed by atoms with van der Waals surface area (Å²) in [6.07, 6.45) is -0.601. The summed E-state index contributed by atoms with van der Waals surface area (Å²) in [6.45, 7) is 2.42. The van der Waals surface area contributed by atoms with Crippen LogP contribution in [0.15, 0.2) is 0 Å². The normalized spacial score (nSPS) is 21.4. The third-order valence-corrected chi connectivity index (χ3v) is 5.44. The summed E-state index contributed by atoms with van der Waals surface area (Å²) in [7, 11) is -2.87. The van der Waals surface area contributed by atoms with Crippen LogP contribution in [-0.4, -0.2) is 53.6 Å². The number of carbonyl (C=O) groups excluding carboxylic acids is 2. The number of ether oxygens (including phenoxy) is 1. The molecule has 1 saturated heterocycles. The van der Waals surface area contributed by atoms with Crippen molar-refractivity contribution in [3.63, 3.8) is 0 Å². The number of carbonyl (C=O) groups is 3. The highest BCUT2D eigenvalue weighted by Crippen LogP contribution is 2.37. The first-order chi connectivity index (χ1) is 8.57. The van der Waals surface area contributed by atoms with Crippen LogP contribution in [0.1, 0.15) is 26.7 Å². The van der Waals surface area contributed by atoms with E-state index in [0.717, 1.165) is 7.11 Å². The molecule has 1 atom stereocenters. The van der Waals surface area contributed by atoms with E-state index in [-0.39, 0.29) is 12.8 Å². The fourth-order valence-electron chi connectivity index (χ4n) is 1.70. The van der Waals surface area contributed by atoms with Gasteiger partial charge in [0.05, 0.1) is 7.11 Å². The molecule has 0 aromatic carbocycles. The quantitative estimate of drug-likeness (QED) is 0.668. The lowest BCUT2D eigenvalue weighted by atomic mass is 10.1. The molecule has 9 heteroatoms. The largest absolute Gasteiger partial charge is 0.480 e. The van der Waals surface area contributed by atoms with E-state index in [1.807, 2.05) is 0 Å². The molecule has 1 aliphatic heterocycles. The minimum atomic E-state index is -4.00. The lowest BCUT2D eigenvalue weighted by Gasteiger charge is -2.45. The van der Waals surface area contributed by atoms with Crippen molar-refractivity contribution in [2.75, 3.05) is 7.11 Å². The Kier molecular flexibility index (Phi) is 3.89. The number of carboxylic acids is 1. The van der Waals surface area contributed by atoms with E-state index in [2.05, 4.69) is 4.74 Å². The number of carboxylic acid groups (broad SMARTS) is 1. The molecule has 0 aliphatic carbocycles. The van der Waals surface area contributed by atoms with Gasteiger partial charge in [-0.05, 0) is 20.3 Å². The van der Waals surface area contributed by atoms with E-state index in [4.69, 9.17) is 5.11 Å². The standard InChI is InChI=1S/C10H15NO7S/c1-10(2)9(15)11(19(10,16)17)6(8(13)14)4-5-7(12)18-3/h6H,4-5H2,1-3H3,(H,13,14). The van der Waals surface area contributed by atoms with Gasteiger partial charge in [-0.15, -0.1) is 0 Å². The van der Waals surface area contributed by atoms with Crippen molar-refractivity contribution < 1.29 is 32.6 Å². The maximum Gasteiger partial charge on any atom is 0.327 e. The number of rotatable bonds is 5. The predicted octanol–water partition coefficient (Wildman–Crippen LogP) is -0.657. The van der Waals surface area contributed by atoms with E-state index >= 15 is 0 Å². The summed E-state index contributed by atoms with van der Waals surface area (Å²) >= 11 is 0. The second-order valence-corrected chi connectivity index (χ2v) is 6.95. The van der Waals surface area contributed by atoms with Crippen molar-refractivity contribution in [2.24, 2.45) is 0 Å². The molecule has 1 heterocycles. The molecule has 1 N–H and O–H groups in total. The zero-order valence-corrected chi connectivity index (χ0v) is 11.6. The molecule has 8 nitrogen and oxygen atoms in total. The Balaban J connectivity index is 2.94. The monoisotopic (exact) mass is 293 g/mol. The van der Waals surface area contributed by atoms with Crippen LogP contribution in [0.2, 0.25) is 0 Å². The molecule has 0 spiro atoms. The average molecular weight is 293 g/mol. The SMILES string of the molecule is COC(=O)CCC(C(=O)O)N1C(=O)C(C)(C)S1(=O)=O. The van der Waals surface area contributed by atoms with Crippen LogP contribution < -0.4 is 0 Å². The van der Waals surface area contributed by atoms with Gasteiger partial charge in [0.15, 0.2) is 4.75 Å². The fraction of sp³-hybridized carbons (Fsp3) is 0.700. The molecule has 1 unspecified atom stereocenters. The highest BCUT2D eigenvalue weighted by molar-refractivity contribution is 7.94. The first kappa shape index (κ1) is 15.4. The van der Waals surface area contributed by atoms with Gasteiger partial charge in [-0.25, -0.2) is 17.5 Å². The van der Waals surface area contributed by atoms with Crippen LogP contribution >= 0.6 is 0 Å². The third kappa shape index (κ3) is 2.29. The van der Waals surface area contributed by atoms with Crippen molar-refractivity contribution >= 4 is 27.9 Å². The van der Waals surface area contributed by atoms with Crippen molar-refractivity contribution in [3.8, 4) is 0 Å². The molecule has 0 saturated carbocycles. The lowest BCUT2D eigenvalue weighted by molar-refractivity contribution is -0.150. The number of hydrogen-bond acceptors (Lipinski definition) is 6. The van der Waals surface area contributed by atoms with Gasteiger partial charge in [0, 0.05) is 6.42 Å². The fourth-order valence-corrected chi connectivity index (χ4v) is 3.35. The summed E-state index contributed by atoms with van der Waals surface area (Å²) in [5.74, 6) is -2.93. The van der Waals surface area contributed by atoms with Gasteiger partial charge in [0.25, 0.3) is 15.9 Å². The Morgan fingerprint density at radius 1 is 1.42 bits per heavy atom. The number of esters is 1. The third-order valence-electron chi connectivity index (χ3n) is 3.04. The van der Waals surface area contributed by atoms with Crippen molar-refractivity contribution in [1.82, 2.24) is 4.31 Å². The van der Waals surface area contributed by atoms with E-state index < -0.39 is 38.7 Å². The second kappa shape index (κ2) is 4.80. The summed E-state index contributed by atoms with van der Waals surface area (Å²) in [6, 6.07) is -1.58. The van der Waals surface area contributed by atoms with Crippen LogP contribution in [0.3, 0.4) is 0 Å². The van der Waals surface area contributed by atoms with Crippen LogP contribution in [-0.2, 0) is 29.1 Å². The average Bonchev–Trinajstić information content (AvgIpc) is 2.32. The number of aliphatic carboxylic acids is 1. The molecule has 0 aromatic rings. The Morgan fingerprint density at radius 2 is 1.95 bits per heavy atom. The molecular weight excluding hydrogens is 278 g/mol. The zero-order valence-electron chi connectivity index (χ0n) is 10.7. The molecule has 108 valence electrons. The van der Waals surface area contributed by atoms with Crippen LogP contribution in [0.25, 0.3) is 0 Å². The maximum absolute atomic E-state index is 11.9. The number of sulfonamides is 1. The summed E-state index contributed by atoms with van der Waals surface area (Å²) < 4.78 is 26.8. The summed E-state index contributed by atoms with van der Waals surface area (Å²) in [5.41, 5.74) is 0. The van der Waals surface area contributed by atoms with Crippen molar-refractivity contribution in [3.05, 3.63) is 0 Å². The van der Waals surface area contributed by atoms with Gasteiger partial charge in [-0.1, -0.05) is 0 Å². The highest BCUT2D eigenvalue weighted by Gasteiger charge is 2.63. The van der Waals surface area contributed by atoms with E-state index in [0.29, 0.717) is 4.31 Å².